The van der Waals surface area contributed by atoms with Crippen LogP contribution in [0, 0.1) is 12.7 Å². The van der Waals surface area contributed by atoms with Gasteiger partial charge in [0.1, 0.15) is 17.7 Å². The number of nitrogens with zero attached hydrogens (tertiary/aromatic N) is 2. The Hall–Kier alpha value is -2.83. The maximum absolute atomic E-state index is 13.0. The third-order valence-electron chi connectivity index (χ3n) is 4.37. The number of aromatic nitrogens is 1. The zero-order valence-electron chi connectivity index (χ0n) is 17.5. The largest absolute Gasteiger partial charge is 0.489 e. The van der Waals surface area contributed by atoms with Crippen LogP contribution in [0.5, 0.6) is 5.75 Å². The highest BCUT2D eigenvalue weighted by molar-refractivity contribution is 5.79. The minimum Gasteiger partial charge on any atom is -0.489 e. The summed E-state index contributed by atoms with van der Waals surface area (Å²) >= 11 is 0. The van der Waals surface area contributed by atoms with Crippen LogP contribution >= 0.6 is 0 Å². The molecule has 6 nitrogen and oxygen atoms in total. The Kier molecular flexibility index (Phi) is 9.21. The summed E-state index contributed by atoms with van der Waals surface area (Å²) in [6, 6.07) is 11.3. The van der Waals surface area contributed by atoms with Crippen molar-refractivity contribution in [2.45, 2.75) is 46.3 Å². The molecule has 1 unspecified atom stereocenters. The van der Waals surface area contributed by atoms with Gasteiger partial charge in [0.25, 0.3) is 5.56 Å². The first-order valence-corrected chi connectivity index (χ1v) is 10.1. The van der Waals surface area contributed by atoms with E-state index >= 15 is 0 Å². The molecule has 0 aliphatic carbocycles. The first kappa shape index (κ1) is 22.5. The molecule has 2 aromatic rings. The number of guanidine groups is 1. The summed E-state index contributed by atoms with van der Waals surface area (Å²) in [5, 5.41) is 6.52. The first-order valence-electron chi connectivity index (χ1n) is 10.1. The fourth-order valence-electron chi connectivity index (χ4n) is 2.86. The summed E-state index contributed by atoms with van der Waals surface area (Å²) in [5.41, 5.74) is 1.03. The molecule has 2 N–H and O–H groups in total. The van der Waals surface area contributed by atoms with Crippen LogP contribution in [0.3, 0.4) is 0 Å². The Balaban J connectivity index is 1.75. The Morgan fingerprint density at radius 2 is 1.93 bits per heavy atom. The zero-order chi connectivity index (χ0) is 21.1. The van der Waals surface area contributed by atoms with Gasteiger partial charge in [-0.05, 0) is 63.9 Å². The van der Waals surface area contributed by atoms with E-state index in [-0.39, 0.29) is 17.5 Å². The molecular weight excluding hydrogens is 371 g/mol. The van der Waals surface area contributed by atoms with Gasteiger partial charge in [0.15, 0.2) is 5.96 Å². The van der Waals surface area contributed by atoms with Gasteiger partial charge >= 0.3 is 0 Å². The van der Waals surface area contributed by atoms with Crippen LogP contribution in [0.2, 0.25) is 0 Å². The number of rotatable bonds is 10. The number of pyridine rings is 1. The maximum Gasteiger partial charge on any atom is 0.250 e. The Morgan fingerprint density at radius 3 is 2.62 bits per heavy atom. The van der Waals surface area contributed by atoms with Gasteiger partial charge < -0.3 is 19.9 Å². The van der Waals surface area contributed by atoms with E-state index in [1.165, 1.54) is 12.1 Å². The Labute approximate surface area is 171 Å². The molecule has 29 heavy (non-hydrogen) atoms. The lowest BCUT2D eigenvalue weighted by Gasteiger charge is -2.15. The highest BCUT2D eigenvalue weighted by Gasteiger charge is 2.05. The van der Waals surface area contributed by atoms with Crippen LogP contribution < -0.4 is 20.9 Å². The second kappa shape index (κ2) is 11.9. The summed E-state index contributed by atoms with van der Waals surface area (Å²) in [6.45, 7) is 8.60. The lowest BCUT2D eigenvalue weighted by Crippen LogP contribution is -2.38. The van der Waals surface area contributed by atoms with Gasteiger partial charge in [-0.25, -0.2) is 9.38 Å². The first-order chi connectivity index (χ1) is 14.0. The predicted molar refractivity (Wildman–Crippen MR) is 115 cm³/mol. The lowest BCUT2D eigenvalue weighted by molar-refractivity contribution is 0.230. The van der Waals surface area contributed by atoms with Crippen molar-refractivity contribution < 1.29 is 9.13 Å². The molecule has 0 bridgehead atoms. The SMILES string of the molecule is CCNC(=NCC(C)Oc1ccc(F)cc1)NCCCCn1c(C)cccc1=O. The molecule has 0 aliphatic heterocycles. The molecule has 0 amide bonds. The second-order valence-electron chi connectivity index (χ2n) is 6.89. The van der Waals surface area contributed by atoms with Crippen LogP contribution in [0.25, 0.3) is 0 Å². The normalized spacial score (nSPS) is 12.5. The molecule has 0 saturated carbocycles. The summed E-state index contributed by atoms with van der Waals surface area (Å²) < 4.78 is 20.5. The number of benzene rings is 1. The van der Waals surface area contributed by atoms with Crippen LogP contribution in [0.1, 0.15) is 32.4 Å². The summed E-state index contributed by atoms with van der Waals surface area (Å²) in [5.74, 6) is 1.07. The number of nitrogens with one attached hydrogen (secondary N) is 2. The van der Waals surface area contributed by atoms with Crippen molar-refractivity contribution in [2.75, 3.05) is 19.6 Å². The molecule has 0 spiro atoms. The van der Waals surface area contributed by atoms with E-state index in [9.17, 15) is 9.18 Å². The van der Waals surface area contributed by atoms with Crippen molar-refractivity contribution in [1.82, 2.24) is 15.2 Å². The van der Waals surface area contributed by atoms with Crippen molar-refractivity contribution in [3.8, 4) is 5.75 Å². The average molecular weight is 403 g/mol. The van der Waals surface area contributed by atoms with Crippen molar-refractivity contribution in [3.05, 3.63) is 64.3 Å². The summed E-state index contributed by atoms with van der Waals surface area (Å²) in [7, 11) is 0. The predicted octanol–water partition coefficient (Wildman–Crippen LogP) is 3.10. The van der Waals surface area contributed by atoms with Gasteiger partial charge in [-0.15, -0.1) is 0 Å². The maximum atomic E-state index is 13.0. The highest BCUT2D eigenvalue weighted by atomic mass is 19.1. The van der Waals surface area contributed by atoms with E-state index in [0.29, 0.717) is 18.8 Å². The van der Waals surface area contributed by atoms with Crippen molar-refractivity contribution in [3.63, 3.8) is 0 Å². The molecular formula is C22H31FN4O2. The van der Waals surface area contributed by atoms with Gasteiger partial charge in [-0.1, -0.05) is 6.07 Å². The number of ether oxygens (including phenoxy) is 1. The standard InChI is InChI=1S/C22H31FN4O2/c1-4-24-22(26-16-18(3)29-20-12-10-19(23)11-13-20)25-14-5-6-15-27-17(2)8-7-9-21(27)28/h7-13,18H,4-6,14-16H2,1-3H3,(H2,24,25,26). The van der Waals surface area contributed by atoms with Gasteiger partial charge in [0.2, 0.25) is 0 Å². The molecule has 2 rings (SSSR count). The van der Waals surface area contributed by atoms with E-state index in [2.05, 4.69) is 15.6 Å². The van der Waals surface area contributed by atoms with Gasteiger partial charge in [-0.2, -0.15) is 0 Å². The van der Waals surface area contributed by atoms with E-state index in [1.54, 1.807) is 28.8 Å². The Bertz CT molecular complexity index is 833. The minimum absolute atomic E-state index is 0.0444. The van der Waals surface area contributed by atoms with Crippen molar-refractivity contribution in [2.24, 2.45) is 4.99 Å². The van der Waals surface area contributed by atoms with Crippen molar-refractivity contribution >= 4 is 5.96 Å². The monoisotopic (exact) mass is 402 g/mol. The molecule has 1 atom stereocenters. The van der Waals surface area contributed by atoms with Gasteiger partial charge in [-0.3, -0.25) is 4.79 Å². The van der Waals surface area contributed by atoms with Crippen LogP contribution in [-0.2, 0) is 6.54 Å². The number of halogens is 1. The number of hydrogen-bond donors (Lipinski definition) is 2. The fourth-order valence-corrected chi connectivity index (χ4v) is 2.86. The number of aliphatic imine (C=N–C) groups is 1. The molecule has 0 radical (unpaired) electrons. The number of hydrogen-bond acceptors (Lipinski definition) is 3. The molecule has 1 aromatic heterocycles. The molecule has 7 heteroatoms. The lowest BCUT2D eigenvalue weighted by atomic mass is 10.3. The Morgan fingerprint density at radius 1 is 1.17 bits per heavy atom. The molecule has 1 heterocycles. The highest BCUT2D eigenvalue weighted by Crippen LogP contribution is 2.13. The molecule has 0 fully saturated rings. The molecule has 1 aromatic carbocycles. The average Bonchev–Trinajstić information content (AvgIpc) is 2.69. The summed E-state index contributed by atoms with van der Waals surface area (Å²) in [4.78, 5) is 16.4. The number of unbranched alkanes of at least 4 members (excludes halogenated alkanes) is 1. The minimum atomic E-state index is -0.283. The third-order valence-corrected chi connectivity index (χ3v) is 4.37. The van der Waals surface area contributed by atoms with Gasteiger partial charge in [0, 0.05) is 31.4 Å². The van der Waals surface area contributed by atoms with E-state index in [0.717, 1.165) is 37.6 Å². The van der Waals surface area contributed by atoms with E-state index in [4.69, 9.17) is 4.74 Å². The molecule has 158 valence electrons. The molecule has 0 aliphatic rings. The second-order valence-corrected chi connectivity index (χ2v) is 6.89. The van der Waals surface area contributed by atoms with Crippen LogP contribution in [-0.4, -0.2) is 36.3 Å². The fraction of sp³-hybridized carbons (Fsp3) is 0.455. The zero-order valence-corrected chi connectivity index (χ0v) is 17.5. The van der Waals surface area contributed by atoms with Crippen LogP contribution in [0.15, 0.2) is 52.3 Å². The van der Waals surface area contributed by atoms with Crippen molar-refractivity contribution in [1.29, 1.82) is 0 Å². The van der Waals surface area contributed by atoms with E-state index < -0.39 is 0 Å². The van der Waals surface area contributed by atoms with E-state index in [1.807, 2.05) is 26.8 Å². The quantitative estimate of drug-likeness (QED) is 0.364. The summed E-state index contributed by atoms with van der Waals surface area (Å²) in [6.07, 6.45) is 1.69. The molecule has 0 saturated heterocycles. The van der Waals surface area contributed by atoms with Crippen LogP contribution in [0.4, 0.5) is 4.39 Å². The number of aryl methyl sites for hydroxylation is 1. The smallest absolute Gasteiger partial charge is 0.250 e. The van der Waals surface area contributed by atoms with Gasteiger partial charge in [0.05, 0.1) is 6.54 Å². The topological polar surface area (TPSA) is 67.7 Å². The third kappa shape index (κ3) is 7.97.